The predicted molar refractivity (Wildman–Crippen MR) is 70.6 cm³/mol. The zero-order chi connectivity index (χ0) is 12.8. The number of allylic oxidation sites excluding steroid dienone is 1. The highest BCUT2D eigenvalue weighted by Crippen LogP contribution is 2.24. The molecule has 0 aromatic heterocycles. The average Bonchev–Trinajstić information content (AvgIpc) is 2.32. The number of hydrogen-bond donors (Lipinski definition) is 0. The van der Waals surface area contributed by atoms with Crippen molar-refractivity contribution in [1.82, 2.24) is 0 Å². The molecule has 0 aliphatic rings. The van der Waals surface area contributed by atoms with Crippen LogP contribution in [0.4, 0.5) is 0 Å². The van der Waals surface area contributed by atoms with Gasteiger partial charge < -0.3 is 4.74 Å². The van der Waals surface area contributed by atoms with Crippen molar-refractivity contribution in [2.75, 3.05) is 6.61 Å². The maximum atomic E-state index is 11.7. The first kappa shape index (κ1) is 13.5. The fraction of sp³-hybridized carbons (Fsp3) is 0.400. The standard InChI is InChI=1S/C15H20O2/c1-5-14(12(4)15(16)17-6-2)13-9-7-11(3)8-10-13/h5,7-10,12H,6H2,1-4H3/b14-5-. The van der Waals surface area contributed by atoms with Crippen LogP contribution in [0.25, 0.3) is 5.57 Å². The maximum absolute atomic E-state index is 11.7. The van der Waals surface area contributed by atoms with Crippen molar-refractivity contribution in [3.8, 4) is 0 Å². The molecule has 1 unspecified atom stereocenters. The molecule has 0 radical (unpaired) electrons. The Morgan fingerprint density at radius 2 is 1.94 bits per heavy atom. The number of aryl methyl sites for hydroxylation is 1. The summed E-state index contributed by atoms with van der Waals surface area (Å²) in [5.41, 5.74) is 3.31. The molecule has 0 N–H and O–H groups in total. The molecule has 0 aliphatic carbocycles. The summed E-state index contributed by atoms with van der Waals surface area (Å²) in [6.45, 7) is 8.13. The smallest absolute Gasteiger partial charge is 0.313 e. The normalized spacial score (nSPS) is 13.3. The molecule has 0 saturated heterocycles. The van der Waals surface area contributed by atoms with Crippen LogP contribution in [-0.4, -0.2) is 12.6 Å². The second-order valence-corrected chi connectivity index (χ2v) is 4.08. The van der Waals surface area contributed by atoms with Gasteiger partial charge in [0.25, 0.3) is 0 Å². The summed E-state index contributed by atoms with van der Waals surface area (Å²) < 4.78 is 5.05. The van der Waals surface area contributed by atoms with E-state index in [2.05, 4.69) is 12.1 Å². The van der Waals surface area contributed by atoms with Crippen LogP contribution in [0.3, 0.4) is 0 Å². The third-order valence-corrected chi connectivity index (χ3v) is 2.80. The highest BCUT2D eigenvalue weighted by Gasteiger charge is 2.19. The summed E-state index contributed by atoms with van der Waals surface area (Å²) in [6, 6.07) is 8.19. The minimum absolute atomic E-state index is 0.166. The molecule has 0 saturated carbocycles. The van der Waals surface area contributed by atoms with Gasteiger partial charge in [-0.15, -0.1) is 0 Å². The lowest BCUT2D eigenvalue weighted by molar-refractivity contribution is -0.145. The van der Waals surface area contributed by atoms with E-state index < -0.39 is 0 Å². The Morgan fingerprint density at radius 3 is 2.41 bits per heavy atom. The van der Waals surface area contributed by atoms with E-state index in [0.29, 0.717) is 6.61 Å². The lowest BCUT2D eigenvalue weighted by Crippen LogP contribution is -2.16. The van der Waals surface area contributed by atoms with Gasteiger partial charge >= 0.3 is 5.97 Å². The molecule has 0 amide bonds. The molecule has 0 fully saturated rings. The summed E-state index contributed by atoms with van der Waals surface area (Å²) in [5.74, 6) is -0.385. The van der Waals surface area contributed by atoms with Crippen LogP contribution in [0.1, 0.15) is 31.9 Å². The maximum Gasteiger partial charge on any atom is 0.313 e. The van der Waals surface area contributed by atoms with Crippen molar-refractivity contribution in [2.24, 2.45) is 5.92 Å². The number of benzene rings is 1. The predicted octanol–water partition coefficient (Wildman–Crippen LogP) is 3.60. The summed E-state index contributed by atoms with van der Waals surface area (Å²) in [7, 11) is 0. The van der Waals surface area contributed by atoms with Crippen LogP contribution in [-0.2, 0) is 9.53 Å². The zero-order valence-corrected chi connectivity index (χ0v) is 11.0. The zero-order valence-electron chi connectivity index (χ0n) is 11.0. The SMILES string of the molecule is C/C=C(\c1ccc(C)cc1)C(C)C(=O)OCC. The molecular weight excluding hydrogens is 212 g/mol. The van der Waals surface area contributed by atoms with E-state index in [1.165, 1.54) is 5.56 Å². The Labute approximate surface area is 103 Å². The summed E-state index contributed by atoms with van der Waals surface area (Å²) >= 11 is 0. The van der Waals surface area contributed by atoms with Gasteiger partial charge in [-0.1, -0.05) is 35.9 Å². The van der Waals surface area contributed by atoms with E-state index in [-0.39, 0.29) is 11.9 Å². The molecule has 92 valence electrons. The highest BCUT2D eigenvalue weighted by atomic mass is 16.5. The van der Waals surface area contributed by atoms with Crippen LogP contribution in [0.15, 0.2) is 30.3 Å². The van der Waals surface area contributed by atoms with E-state index in [1.807, 2.05) is 45.9 Å². The fourth-order valence-corrected chi connectivity index (χ4v) is 1.81. The molecule has 0 spiro atoms. The lowest BCUT2D eigenvalue weighted by atomic mass is 9.93. The van der Waals surface area contributed by atoms with Crippen LogP contribution in [0.2, 0.25) is 0 Å². The molecule has 0 bridgehead atoms. The van der Waals surface area contributed by atoms with Crippen molar-refractivity contribution < 1.29 is 9.53 Å². The van der Waals surface area contributed by atoms with Crippen LogP contribution < -0.4 is 0 Å². The first-order valence-electron chi connectivity index (χ1n) is 6.00. The molecule has 1 atom stereocenters. The van der Waals surface area contributed by atoms with Crippen molar-refractivity contribution in [3.05, 3.63) is 41.5 Å². The van der Waals surface area contributed by atoms with Gasteiger partial charge in [-0.25, -0.2) is 0 Å². The number of ether oxygens (including phenoxy) is 1. The van der Waals surface area contributed by atoms with Crippen molar-refractivity contribution >= 4 is 11.5 Å². The highest BCUT2D eigenvalue weighted by molar-refractivity contribution is 5.88. The Hall–Kier alpha value is -1.57. The molecule has 0 heterocycles. The van der Waals surface area contributed by atoms with Gasteiger partial charge in [0.15, 0.2) is 0 Å². The van der Waals surface area contributed by atoms with E-state index in [9.17, 15) is 4.79 Å². The molecule has 2 nitrogen and oxygen atoms in total. The second-order valence-electron chi connectivity index (χ2n) is 4.08. The van der Waals surface area contributed by atoms with Crippen LogP contribution >= 0.6 is 0 Å². The van der Waals surface area contributed by atoms with E-state index >= 15 is 0 Å². The monoisotopic (exact) mass is 232 g/mol. The molecule has 0 aliphatic heterocycles. The van der Waals surface area contributed by atoms with Crippen molar-refractivity contribution in [3.63, 3.8) is 0 Å². The minimum atomic E-state index is -0.220. The Morgan fingerprint density at radius 1 is 1.35 bits per heavy atom. The molecule has 1 aromatic carbocycles. The summed E-state index contributed by atoms with van der Waals surface area (Å²) in [4.78, 5) is 11.7. The van der Waals surface area contributed by atoms with Gasteiger partial charge in [-0.3, -0.25) is 4.79 Å². The molecule has 17 heavy (non-hydrogen) atoms. The van der Waals surface area contributed by atoms with Gasteiger partial charge in [-0.05, 0) is 38.8 Å². The van der Waals surface area contributed by atoms with Gasteiger partial charge in [0.1, 0.15) is 0 Å². The van der Waals surface area contributed by atoms with E-state index in [0.717, 1.165) is 11.1 Å². The lowest BCUT2D eigenvalue weighted by Gasteiger charge is -2.15. The first-order valence-corrected chi connectivity index (χ1v) is 6.00. The number of esters is 1. The molecule has 2 heteroatoms. The van der Waals surface area contributed by atoms with E-state index in [4.69, 9.17) is 4.74 Å². The largest absolute Gasteiger partial charge is 0.466 e. The fourth-order valence-electron chi connectivity index (χ4n) is 1.81. The number of carbonyl (C=O) groups is 1. The van der Waals surface area contributed by atoms with Crippen molar-refractivity contribution in [1.29, 1.82) is 0 Å². The van der Waals surface area contributed by atoms with Gasteiger partial charge in [0.05, 0.1) is 12.5 Å². The second kappa shape index (κ2) is 6.24. The van der Waals surface area contributed by atoms with Gasteiger partial charge in [0, 0.05) is 0 Å². The van der Waals surface area contributed by atoms with E-state index in [1.54, 1.807) is 0 Å². The first-order chi connectivity index (χ1) is 8.10. The van der Waals surface area contributed by atoms with Gasteiger partial charge in [-0.2, -0.15) is 0 Å². The number of carbonyl (C=O) groups excluding carboxylic acids is 1. The Bertz CT molecular complexity index is 401. The quantitative estimate of drug-likeness (QED) is 0.741. The number of rotatable bonds is 4. The summed E-state index contributed by atoms with van der Waals surface area (Å²) in [5, 5.41) is 0. The molecular formula is C15H20O2. The molecule has 1 aromatic rings. The summed E-state index contributed by atoms with van der Waals surface area (Å²) in [6.07, 6.45) is 1.98. The van der Waals surface area contributed by atoms with Crippen molar-refractivity contribution in [2.45, 2.75) is 27.7 Å². The topological polar surface area (TPSA) is 26.3 Å². The van der Waals surface area contributed by atoms with Crippen LogP contribution in [0, 0.1) is 12.8 Å². The third kappa shape index (κ3) is 3.45. The Balaban J connectivity index is 2.92. The average molecular weight is 232 g/mol. The molecule has 1 rings (SSSR count). The third-order valence-electron chi connectivity index (χ3n) is 2.80. The number of hydrogen-bond acceptors (Lipinski definition) is 2. The Kier molecular flexibility index (Phi) is 4.95. The van der Waals surface area contributed by atoms with Crippen LogP contribution in [0.5, 0.6) is 0 Å². The van der Waals surface area contributed by atoms with Gasteiger partial charge in [0.2, 0.25) is 0 Å². The minimum Gasteiger partial charge on any atom is -0.466 e.